The Labute approximate surface area is 117 Å². The molecule has 0 aliphatic rings. The Balaban J connectivity index is 2.13. The summed E-state index contributed by atoms with van der Waals surface area (Å²) in [7, 11) is 3.84. The molecule has 1 aromatic carbocycles. The molecule has 0 amide bonds. The summed E-state index contributed by atoms with van der Waals surface area (Å²) in [6.07, 6.45) is 0. The van der Waals surface area contributed by atoms with Crippen LogP contribution < -0.4 is 5.32 Å². The molecule has 2 aromatic rings. The van der Waals surface area contributed by atoms with Crippen molar-refractivity contribution in [2.24, 2.45) is 7.05 Å². The van der Waals surface area contributed by atoms with E-state index in [1.54, 1.807) is 16.4 Å². The molecule has 1 heterocycles. The van der Waals surface area contributed by atoms with E-state index in [1.807, 2.05) is 14.1 Å². The topological polar surface area (TPSA) is 55.6 Å². The van der Waals surface area contributed by atoms with Crippen LogP contribution in [0.2, 0.25) is 0 Å². The second-order valence-corrected chi connectivity index (χ2v) is 5.93. The quantitative estimate of drug-likeness (QED) is 0.847. The van der Waals surface area contributed by atoms with E-state index in [0.29, 0.717) is 5.25 Å². The summed E-state index contributed by atoms with van der Waals surface area (Å²) in [4.78, 5) is 0. The van der Waals surface area contributed by atoms with Crippen LogP contribution in [0.25, 0.3) is 0 Å². The number of thioether (sulfide) groups is 1. The molecule has 1 N–H and O–H groups in total. The van der Waals surface area contributed by atoms with Crippen LogP contribution >= 0.6 is 11.8 Å². The monoisotopic (exact) mass is 277 g/mol. The molecule has 6 heteroatoms. The smallest absolute Gasteiger partial charge is 0.209 e. The maximum Gasteiger partial charge on any atom is 0.209 e. The summed E-state index contributed by atoms with van der Waals surface area (Å²) in [5.41, 5.74) is 2.56. The van der Waals surface area contributed by atoms with Crippen molar-refractivity contribution >= 4 is 11.8 Å². The molecule has 1 aromatic heterocycles. The minimum absolute atomic E-state index is 0.266. The molecule has 19 heavy (non-hydrogen) atoms. The SMILES string of the molecule is CNC(c1ccc(C)cc1)C(C)Sc1nnnn1C. The zero-order valence-corrected chi connectivity index (χ0v) is 12.5. The predicted octanol–water partition coefficient (Wildman–Crippen LogP) is 1.96. The number of hydrogen-bond acceptors (Lipinski definition) is 5. The van der Waals surface area contributed by atoms with Gasteiger partial charge in [-0.1, -0.05) is 48.5 Å². The fourth-order valence-corrected chi connectivity index (χ4v) is 3.04. The van der Waals surface area contributed by atoms with E-state index in [-0.39, 0.29) is 6.04 Å². The van der Waals surface area contributed by atoms with Gasteiger partial charge in [0.1, 0.15) is 0 Å². The van der Waals surface area contributed by atoms with Gasteiger partial charge in [0.05, 0.1) is 0 Å². The van der Waals surface area contributed by atoms with Crippen molar-refractivity contribution in [3.05, 3.63) is 35.4 Å². The summed E-state index contributed by atoms with van der Waals surface area (Å²) in [5.74, 6) is 0. The van der Waals surface area contributed by atoms with Crippen LogP contribution in [0, 0.1) is 6.92 Å². The average molecular weight is 277 g/mol. The normalized spacial score (nSPS) is 14.3. The number of rotatable bonds is 5. The Bertz CT molecular complexity index is 522. The number of nitrogens with one attached hydrogen (secondary N) is 1. The molecule has 2 unspecified atom stereocenters. The van der Waals surface area contributed by atoms with E-state index in [9.17, 15) is 0 Å². The highest BCUT2D eigenvalue weighted by Crippen LogP contribution is 2.30. The molecule has 0 saturated heterocycles. The predicted molar refractivity (Wildman–Crippen MR) is 77.1 cm³/mol. The number of nitrogens with zero attached hydrogens (tertiary/aromatic N) is 4. The van der Waals surface area contributed by atoms with E-state index in [1.165, 1.54) is 11.1 Å². The number of aryl methyl sites for hydroxylation is 2. The van der Waals surface area contributed by atoms with Crippen LogP contribution in [-0.2, 0) is 7.05 Å². The second kappa shape index (κ2) is 6.16. The number of aromatic nitrogens is 4. The average Bonchev–Trinajstić information content (AvgIpc) is 2.78. The van der Waals surface area contributed by atoms with Crippen LogP contribution in [-0.4, -0.2) is 32.5 Å². The van der Waals surface area contributed by atoms with E-state index in [2.05, 4.69) is 59.0 Å². The first-order valence-electron chi connectivity index (χ1n) is 6.24. The Kier molecular flexibility index (Phi) is 4.55. The van der Waals surface area contributed by atoms with E-state index in [0.717, 1.165) is 5.16 Å². The van der Waals surface area contributed by atoms with E-state index >= 15 is 0 Å². The molecule has 0 saturated carbocycles. The molecule has 0 radical (unpaired) electrons. The van der Waals surface area contributed by atoms with Crippen molar-refractivity contribution in [3.8, 4) is 0 Å². The van der Waals surface area contributed by atoms with Gasteiger partial charge in [0, 0.05) is 18.3 Å². The summed E-state index contributed by atoms with van der Waals surface area (Å²) < 4.78 is 1.70. The Morgan fingerprint density at radius 2 is 1.95 bits per heavy atom. The summed E-state index contributed by atoms with van der Waals surface area (Å²) in [6, 6.07) is 8.88. The van der Waals surface area contributed by atoms with Gasteiger partial charge in [-0.3, -0.25) is 0 Å². The Morgan fingerprint density at radius 3 is 2.47 bits per heavy atom. The second-order valence-electron chi connectivity index (χ2n) is 4.59. The van der Waals surface area contributed by atoms with Gasteiger partial charge in [0.25, 0.3) is 0 Å². The molecular weight excluding hydrogens is 258 g/mol. The Hall–Kier alpha value is -1.40. The molecule has 0 aliphatic heterocycles. The van der Waals surface area contributed by atoms with Crippen molar-refractivity contribution in [2.75, 3.05) is 7.05 Å². The van der Waals surface area contributed by atoms with Crippen LogP contribution in [0.5, 0.6) is 0 Å². The zero-order chi connectivity index (χ0) is 13.8. The highest BCUT2D eigenvalue weighted by Gasteiger charge is 2.20. The third-order valence-corrected chi connectivity index (χ3v) is 4.29. The first-order chi connectivity index (χ1) is 9.11. The highest BCUT2D eigenvalue weighted by atomic mass is 32.2. The fraction of sp³-hybridized carbons (Fsp3) is 0.462. The van der Waals surface area contributed by atoms with Crippen LogP contribution in [0.4, 0.5) is 0 Å². The van der Waals surface area contributed by atoms with Gasteiger partial charge in [0.2, 0.25) is 5.16 Å². The fourth-order valence-electron chi connectivity index (χ4n) is 2.00. The number of tetrazole rings is 1. The lowest BCUT2D eigenvalue weighted by Gasteiger charge is -2.23. The molecule has 0 fully saturated rings. The standard InChI is InChI=1S/C13H19N5S/c1-9-5-7-11(8-6-9)12(14-3)10(2)19-13-15-16-17-18(13)4/h5-8,10,12,14H,1-4H3. The van der Waals surface area contributed by atoms with Gasteiger partial charge in [-0.05, 0) is 30.0 Å². The molecule has 0 bridgehead atoms. The van der Waals surface area contributed by atoms with E-state index in [4.69, 9.17) is 0 Å². The summed E-state index contributed by atoms with van der Waals surface area (Å²) in [6.45, 7) is 4.28. The van der Waals surface area contributed by atoms with Gasteiger partial charge < -0.3 is 5.32 Å². The molecular formula is C13H19N5S. The highest BCUT2D eigenvalue weighted by molar-refractivity contribution is 7.99. The molecule has 0 aliphatic carbocycles. The maximum absolute atomic E-state index is 4.02. The maximum atomic E-state index is 4.02. The van der Waals surface area contributed by atoms with Crippen LogP contribution in [0.1, 0.15) is 24.1 Å². The van der Waals surface area contributed by atoms with Crippen molar-refractivity contribution in [2.45, 2.75) is 30.3 Å². The van der Waals surface area contributed by atoms with Gasteiger partial charge in [-0.25, -0.2) is 4.68 Å². The lowest BCUT2D eigenvalue weighted by atomic mass is 10.0. The Morgan fingerprint density at radius 1 is 1.26 bits per heavy atom. The summed E-state index contributed by atoms with van der Waals surface area (Å²) >= 11 is 1.67. The van der Waals surface area contributed by atoms with Crippen LogP contribution in [0.15, 0.2) is 29.4 Å². The van der Waals surface area contributed by atoms with Crippen molar-refractivity contribution in [1.82, 2.24) is 25.5 Å². The summed E-state index contributed by atoms with van der Waals surface area (Å²) in [5, 5.41) is 16.1. The van der Waals surface area contributed by atoms with Gasteiger partial charge in [-0.2, -0.15) is 0 Å². The third kappa shape index (κ3) is 3.33. The minimum Gasteiger partial charge on any atom is -0.312 e. The molecule has 0 spiro atoms. The van der Waals surface area contributed by atoms with Crippen molar-refractivity contribution in [1.29, 1.82) is 0 Å². The number of benzene rings is 1. The van der Waals surface area contributed by atoms with E-state index < -0.39 is 0 Å². The largest absolute Gasteiger partial charge is 0.312 e. The van der Waals surface area contributed by atoms with Crippen molar-refractivity contribution in [3.63, 3.8) is 0 Å². The zero-order valence-electron chi connectivity index (χ0n) is 11.7. The molecule has 2 atom stereocenters. The van der Waals surface area contributed by atoms with Gasteiger partial charge in [-0.15, -0.1) is 5.10 Å². The van der Waals surface area contributed by atoms with Gasteiger partial charge >= 0.3 is 0 Å². The van der Waals surface area contributed by atoms with Crippen LogP contribution in [0.3, 0.4) is 0 Å². The minimum atomic E-state index is 0.266. The van der Waals surface area contributed by atoms with Crippen molar-refractivity contribution < 1.29 is 0 Å². The lowest BCUT2D eigenvalue weighted by Crippen LogP contribution is -2.25. The molecule has 5 nitrogen and oxygen atoms in total. The first-order valence-corrected chi connectivity index (χ1v) is 7.12. The number of hydrogen-bond donors (Lipinski definition) is 1. The first kappa shape index (κ1) is 14.0. The third-order valence-electron chi connectivity index (χ3n) is 3.09. The molecule has 102 valence electrons. The lowest BCUT2D eigenvalue weighted by molar-refractivity contribution is 0.585. The van der Waals surface area contributed by atoms with Gasteiger partial charge in [0.15, 0.2) is 0 Å². The molecule has 2 rings (SSSR count).